The molecule has 1 aliphatic heterocycles. The lowest BCUT2D eigenvalue weighted by Crippen LogP contribution is -2.41. The molecule has 5 aromatic rings. The summed E-state index contributed by atoms with van der Waals surface area (Å²) in [6, 6.07) is 27.2. The van der Waals surface area contributed by atoms with Gasteiger partial charge in [0.1, 0.15) is 14.1 Å². The molecule has 1 N–H and O–H groups in total. The molecule has 1 heterocycles. The summed E-state index contributed by atoms with van der Waals surface area (Å²) in [5, 5.41) is 21.9. The van der Waals surface area contributed by atoms with Gasteiger partial charge in [0.25, 0.3) is 0 Å². The third-order valence-electron chi connectivity index (χ3n) is 5.99. The number of phenols is 1. The van der Waals surface area contributed by atoms with Crippen LogP contribution in [0.1, 0.15) is 6.42 Å². The second-order valence-corrected chi connectivity index (χ2v) is 12.6. The Balaban J connectivity index is 1.69. The van der Waals surface area contributed by atoms with Crippen molar-refractivity contribution in [2.75, 3.05) is 6.61 Å². The van der Waals surface area contributed by atoms with Crippen molar-refractivity contribution in [2.24, 2.45) is 0 Å². The van der Waals surface area contributed by atoms with E-state index in [9.17, 15) is 5.11 Å². The van der Waals surface area contributed by atoms with Crippen LogP contribution in [0.15, 0.2) is 72.8 Å². The Morgan fingerprint density at radius 3 is 2.14 bits per heavy atom. The van der Waals surface area contributed by atoms with Gasteiger partial charge in [-0.1, -0.05) is 48.5 Å². The summed E-state index contributed by atoms with van der Waals surface area (Å²) in [4.78, 5) is 0. The molecule has 0 aliphatic carbocycles. The standard InChI is InChI=1S/C25H19O2Si2/c26-24-9-8-20-13-19-7-6-18-12-16-4-1-2-5-17(16)14-21(18)22(19)15-23(20)25(24)29-11-3-10-27-28-29/h1-2,4-9,12-15,26H,3,10-11H2. The lowest BCUT2D eigenvalue weighted by molar-refractivity contribution is 0.336. The fourth-order valence-corrected chi connectivity index (χ4v) is 9.63. The van der Waals surface area contributed by atoms with Crippen molar-refractivity contribution in [3.63, 3.8) is 0 Å². The molecule has 1 saturated heterocycles. The van der Waals surface area contributed by atoms with Gasteiger partial charge in [-0.3, -0.25) is 0 Å². The summed E-state index contributed by atoms with van der Waals surface area (Å²) in [6.45, 7) is 0.860. The molecular formula is C25H19O2Si2. The van der Waals surface area contributed by atoms with E-state index >= 15 is 0 Å². The molecular weight excluding hydrogens is 388 g/mol. The maximum atomic E-state index is 10.8. The quantitative estimate of drug-likeness (QED) is 0.234. The van der Waals surface area contributed by atoms with Crippen molar-refractivity contribution in [3.05, 3.63) is 72.8 Å². The van der Waals surface area contributed by atoms with Crippen LogP contribution in [0.3, 0.4) is 0 Å². The van der Waals surface area contributed by atoms with Gasteiger partial charge in [-0.2, -0.15) is 0 Å². The van der Waals surface area contributed by atoms with E-state index in [1.54, 1.807) is 0 Å². The van der Waals surface area contributed by atoms with Gasteiger partial charge in [0, 0.05) is 6.61 Å². The average Bonchev–Trinajstić information content (AvgIpc) is 2.77. The van der Waals surface area contributed by atoms with E-state index < -0.39 is 8.31 Å². The highest BCUT2D eigenvalue weighted by atomic mass is 29.2. The highest BCUT2D eigenvalue weighted by molar-refractivity contribution is 7.18. The molecule has 5 aromatic carbocycles. The van der Waals surface area contributed by atoms with E-state index in [-0.39, 0.29) is 0 Å². The average molecular weight is 408 g/mol. The summed E-state index contributed by atoms with van der Waals surface area (Å²) >= 11 is 0. The number of fused-ring (bicyclic) bond motifs is 5. The topological polar surface area (TPSA) is 29.5 Å². The Hall–Kier alpha value is -2.67. The second kappa shape index (κ2) is 6.70. The first-order valence-electron chi connectivity index (χ1n) is 10.0. The third-order valence-corrected chi connectivity index (χ3v) is 11.2. The first-order valence-corrected chi connectivity index (χ1v) is 13.6. The van der Waals surface area contributed by atoms with E-state index in [4.69, 9.17) is 4.43 Å². The van der Waals surface area contributed by atoms with Crippen molar-refractivity contribution < 1.29 is 9.53 Å². The number of hydrogen-bond acceptors (Lipinski definition) is 2. The fourth-order valence-electron chi connectivity index (χ4n) is 4.56. The molecule has 0 saturated carbocycles. The lowest BCUT2D eigenvalue weighted by atomic mass is 9.96. The van der Waals surface area contributed by atoms with Crippen LogP contribution in [0, 0.1) is 0 Å². The summed E-state index contributed by atoms with van der Waals surface area (Å²) in [7, 11) is -0.363. The van der Waals surface area contributed by atoms with Gasteiger partial charge in [-0.15, -0.1) is 0 Å². The maximum Gasteiger partial charge on any atom is 0.216 e. The van der Waals surface area contributed by atoms with Crippen LogP contribution in [-0.4, -0.2) is 29.3 Å². The number of aromatic hydroxyl groups is 1. The monoisotopic (exact) mass is 407 g/mol. The molecule has 0 atom stereocenters. The Labute approximate surface area is 173 Å². The Morgan fingerprint density at radius 1 is 0.724 bits per heavy atom. The zero-order valence-electron chi connectivity index (χ0n) is 15.9. The minimum atomic E-state index is -0.880. The Kier molecular flexibility index (Phi) is 3.97. The van der Waals surface area contributed by atoms with Crippen LogP contribution in [0.4, 0.5) is 0 Å². The molecule has 0 aromatic heterocycles. The van der Waals surface area contributed by atoms with Crippen molar-refractivity contribution in [1.29, 1.82) is 0 Å². The van der Waals surface area contributed by atoms with Crippen LogP contribution in [0.5, 0.6) is 5.75 Å². The lowest BCUT2D eigenvalue weighted by Gasteiger charge is -2.22. The predicted molar refractivity (Wildman–Crippen MR) is 125 cm³/mol. The van der Waals surface area contributed by atoms with Gasteiger partial charge in [-0.25, -0.2) is 0 Å². The number of hydrogen-bond donors (Lipinski definition) is 1. The zero-order valence-corrected chi connectivity index (χ0v) is 17.9. The molecule has 1 aliphatic rings. The summed E-state index contributed by atoms with van der Waals surface area (Å²) < 4.78 is 5.81. The summed E-state index contributed by atoms with van der Waals surface area (Å²) in [5.74, 6) is 0.439. The molecule has 4 heteroatoms. The second-order valence-electron chi connectivity index (χ2n) is 7.77. The minimum absolute atomic E-state index is 0.439. The number of rotatable bonds is 1. The molecule has 0 unspecified atom stereocenters. The van der Waals surface area contributed by atoms with Crippen LogP contribution < -0.4 is 5.19 Å². The SMILES string of the molecule is Oc1ccc2cc3ccc4cc5ccccc5cc4c3cc2c1[Si]1CCCO[Si]1. The molecule has 3 radical (unpaired) electrons. The molecule has 0 spiro atoms. The molecule has 139 valence electrons. The highest BCUT2D eigenvalue weighted by Gasteiger charge is 2.25. The van der Waals surface area contributed by atoms with E-state index in [1.165, 1.54) is 49.1 Å². The third kappa shape index (κ3) is 2.79. The van der Waals surface area contributed by atoms with Gasteiger partial charge >= 0.3 is 0 Å². The maximum absolute atomic E-state index is 10.8. The van der Waals surface area contributed by atoms with Crippen LogP contribution in [-0.2, 0) is 4.43 Å². The van der Waals surface area contributed by atoms with Crippen molar-refractivity contribution in [2.45, 2.75) is 12.5 Å². The van der Waals surface area contributed by atoms with E-state index in [0.29, 0.717) is 15.0 Å². The molecule has 0 bridgehead atoms. The number of benzene rings is 5. The van der Waals surface area contributed by atoms with Crippen molar-refractivity contribution in [1.82, 2.24) is 0 Å². The van der Waals surface area contributed by atoms with Crippen LogP contribution >= 0.6 is 0 Å². The van der Waals surface area contributed by atoms with Gasteiger partial charge in [0.05, 0.1) is 0 Å². The van der Waals surface area contributed by atoms with Crippen molar-refractivity contribution in [3.8, 4) is 5.75 Å². The van der Waals surface area contributed by atoms with Crippen LogP contribution in [0.25, 0.3) is 43.1 Å². The van der Waals surface area contributed by atoms with Gasteiger partial charge in [0.15, 0.2) is 0 Å². The normalized spacial score (nSPS) is 15.6. The van der Waals surface area contributed by atoms with Gasteiger partial charge < -0.3 is 9.53 Å². The Bertz CT molecular complexity index is 1400. The van der Waals surface area contributed by atoms with Crippen LogP contribution in [0.2, 0.25) is 6.04 Å². The van der Waals surface area contributed by atoms with Gasteiger partial charge in [0.2, 0.25) is 9.28 Å². The smallest absolute Gasteiger partial charge is 0.216 e. The predicted octanol–water partition coefficient (Wildman–Crippen LogP) is 5.24. The first-order chi connectivity index (χ1) is 14.3. The summed E-state index contributed by atoms with van der Waals surface area (Å²) in [5.41, 5.74) is 0. The van der Waals surface area contributed by atoms with E-state index in [2.05, 4.69) is 60.7 Å². The molecule has 6 rings (SSSR count). The zero-order chi connectivity index (χ0) is 19.4. The number of phenolic OH excluding ortho intramolecular Hbond substituents is 1. The molecule has 1 fully saturated rings. The molecule has 2 nitrogen and oxygen atoms in total. The van der Waals surface area contributed by atoms with Crippen molar-refractivity contribution >= 4 is 65.9 Å². The fraction of sp³-hybridized carbons (Fsp3) is 0.120. The largest absolute Gasteiger partial charge is 0.508 e. The van der Waals surface area contributed by atoms with E-state index in [0.717, 1.165) is 18.2 Å². The van der Waals surface area contributed by atoms with Gasteiger partial charge in [-0.05, 0) is 85.0 Å². The Morgan fingerprint density at radius 2 is 1.38 bits per heavy atom. The summed E-state index contributed by atoms with van der Waals surface area (Å²) in [6.07, 6.45) is 1.10. The first kappa shape index (κ1) is 17.2. The highest BCUT2D eigenvalue weighted by Crippen LogP contribution is 2.33. The van der Waals surface area contributed by atoms with E-state index in [1.807, 2.05) is 12.1 Å². The molecule has 0 amide bonds. The minimum Gasteiger partial charge on any atom is -0.508 e. The molecule has 29 heavy (non-hydrogen) atoms.